The van der Waals surface area contributed by atoms with Gasteiger partial charge in [-0.3, -0.25) is 4.79 Å². The Balaban J connectivity index is 0.00000387. The zero-order chi connectivity index (χ0) is 28.1. The molecule has 0 radical (unpaired) electrons. The van der Waals surface area contributed by atoms with E-state index in [0.29, 0.717) is 41.9 Å². The Morgan fingerprint density at radius 1 is 1.02 bits per heavy atom. The Kier molecular flexibility index (Phi) is 9.68. The van der Waals surface area contributed by atoms with E-state index in [1.807, 2.05) is 61.5 Å². The predicted molar refractivity (Wildman–Crippen MR) is 156 cm³/mol. The Bertz CT molecular complexity index is 1470. The molecule has 0 saturated carbocycles. The molecule has 4 aromatic rings. The number of rotatable bonds is 9. The van der Waals surface area contributed by atoms with Crippen LogP contribution in [0.15, 0.2) is 83.3 Å². The highest BCUT2D eigenvalue weighted by molar-refractivity contribution is 6.30. The van der Waals surface area contributed by atoms with Gasteiger partial charge in [0.1, 0.15) is 17.3 Å². The number of nitrogens with zero attached hydrogens (tertiary/aromatic N) is 2. The van der Waals surface area contributed by atoms with E-state index in [0.717, 1.165) is 22.6 Å². The van der Waals surface area contributed by atoms with Crippen LogP contribution in [0, 0.1) is 18.8 Å². The summed E-state index contributed by atoms with van der Waals surface area (Å²) in [5, 5.41) is 10.4. The molecule has 0 unspecified atom stereocenters. The van der Waals surface area contributed by atoms with Gasteiger partial charge in [0.2, 0.25) is 5.89 Å². The molecule has 9 heteroatoms. The first-order valence-corrected chi connectivity index (χ1v) is 13.4. The van der Waals surface area contributed by atoms with E-state index < -0.39 is 18.0 Å². The van der Waals surface area contributed by atoms with Gasteiger partial charge in [0.15, 0.2) is 0 Å². The van der Waals surface area contributed by atoms with Gasteiger partial charge in [-0.05, 0) is 73.4 Å². The van der Waals surface area contributed by atoms with Gasteiger partial charge in [0.25, 0.3) is 0 Å². The van der Waals surface area contributed by atoms with Crippen LogP contribution in [0.3, 0.4) is 0 Å². The van der Waals surface area contributed by atoms with Crippen LogP contribution < -0.4 is 9.47 Å². The molecule has 0 spiro atoms. The van der Waals surface area contributed by atoms with Crippen LogP contribution in [0.4, 0.5) is 4.79 Å². The maximum Gasteiger partial charge on any atom is 0.415 e. The number of carbonyl (C=O) groups excluding carboxylic acids is 1. The number of carbonyl (C=O) groups is 2. The zero-order valence-corrected chi connectivity index (χ0v) is 22.7. The lowest BCUT2D eigenvalue weighted by Crippen LogP contribution is -2.32. The molecule has 1 amide bonds. The molecule has 0 bridgehead atoms. The summed E-state index contributed by atoms with van der Waals surface area (Å²) in [6.07, 6.45) is 0.495. The summed E-state index contributed by atoms with van der Waals surface area (Å²) in [6, 6.07) is 23.8. The summed E-state index contributed by atoms with van der Waals surface area (Å²) in [4.78, 5) is 30.8. The van der Waals surface area contributed by atoms with Crippen LogP contribution in [0.25, 0.3) is 11.5 Å². The minimum absolute atomic E-state index is 0. The number of aromatic nitrogens is 1. The van der Waals surface area contributed by atoms with Crippen molar-refractivity contribution in [3.05, 3.63) is 101 Å². The van der Waals surface area contributed by atoms with Crippen molar-refractivity contribution >= 4 is 23.7 Å². The normalized spacial score (nSPS) is 16.2. The van der Waals surface area contributed by atoms with Crippen molar-refractivity contribution in [2.24, 2.45) is 11.8 Å². The Labute approximate surface area is 244 Å². The fraction of sp³-hybridized carbons (Fsp3) is 0.281. The lowest BCUT2D eigenvalue weighted by atomic mass is 9.90. The SMILES string of the molecule is C.Cc1oc(-c2ccccc2)nc1CCOc1cccc(C[C@@H]2CN(C(=O)Oc3ccc(Cl)cc3)C[C@@H]2C(=O)O)c1. The molecule has 1 N–H and O–H groups in total. The molecule has 41 heavy (non-hydrogen) atoms. The van der Waals surface area contributed by atoms with Crippen molar-refractivity contribution in [1.29, 1.82) is 0 Å². The van der Waals surface area contributed by atoms with Gasteiger partial charge in [0, 0.05) is 30.1 Å². The van der Waals surface area contributed by atoms with Crippen LogP contribution in [0.1, 0.15) is 24.4 Å². The highest BCUT2D eigenvalue weighted by Crippen LogP contribution is 2.30. The number of ether oxygens (including phenoxy) is 2. The minimum Gasteiger partial charge on any atom is -0.493 e. The smallest absolute Gasteiger partial charge is 0.415 e. The van der Waals surface area contributed by atoms with Gasteiger partial charge in [-0.25, -0.2) is 9.78 Å². The summed E-state index contributed by atoms with van der Waals surface area (Å²) in [6.45, 7) is 2.68. The Morgan fingerprint density at radius 3 is 2.51 bits per heavy atom. The number of amides is 1. The summed E-state index contributed by atoms with van der Waals surface area (Å²) < 4.78 is 17.3. The summed E-state index contributed by atoms with van der Waals surface area (Å²) in [7, 11) is 0. The number of oxazole rings is 1. The first-order valence-electron chi connectivity index (χ1n) is 13.0. The van der Waals surface area contributed by atoms with Crippen molar-refractivity contribution in [3.63, 3.8) is 0 Å². The zero-order valence-electron chi connectivity index (χ0n) is 22.0. The van der Waals surface area contributed by atoms with Crippen molar-refractivity contribution in [2.45, 2.75) is 27.2 Å². The van der Waals surface area contributed by atoms with Crippen molar-refractivity contribution in [2.75, 3.05) is 19.7 Å². The molecule has 1 saturated heterocycles. The van der Waals surface area contributed by atoms with E-state index in [9.17, 15) is 14.7 Å². The molecule has 214 valence electrons. The number of benzene rings is 3. The molecule has 0 aliphatic carbocycles. The Morgan fingerprint density at radius 2 is 1.78 bits per heavy atom. The number of aryl methyl sites for hydroxylation is 1. The number of likely N-dealkylation sites (tertiary alicyclic amines) is 1. The first kappa shape index (κ1) is 29.7. The molecule has 1 fully saturated rings. The number of carboxylic acids is 1. The molecule has 3 aromatic carbocycles. The summed E-state index contributed by atoms with van der Waals surface area (Å²) in [5.74, 6) is 0.493. The standard InChI is InChI=1S/C31H29ClN2O6.CH4/c1-20-28(33-29(39-20)22-7-3-2-4-8-22)14-15-38-26-9-5-6-21(17-26)16-23-18-34(19-27(23)30(35)36)31(37)40-25-12-10-24(32)11-13-25;/h2-13,17,23,27H,14-16,18-19H2,1H3,(H,35,36);1H4/t23-,27+;/m1./s1. The monoisotopic (exact) mass is 576 g/mol. The molecular formula is C32H33ClN2O6. The topological polar surface area (TPSA) is 102 Å². The van der Waals surface area contributed by atoms with Crippen molar-refractivity contribution in [3.8, 4) is 23.0 Å². The third-order valence-electron chi connectivity index (χ3n) is 6.95. The van der Waals surface area contributed by atoms with E-state index in [1.54, 1.807) is 24.3 Å². The highest BCUT2D eigenvalue weighted by atomic mass is 35.5. The number of hydrogen-bond acceptors (Lipinski definition) is 6. The van der Waals surface area contributed by atoms with Crippen molar-refractivity contribution < 1.29 is 28.6 Å². The van der Waals surface area contributed by atoms with E-state index in [2.05, 4.69) is 4.98 Å². The summed E-state index contributed by atoms with van der Waals surface area (Å²) >= 11 is 5.89. The van der Waals surface area contributed by atoms with Crippen LogP contribution in [-0.2, 0) is 17.6 Å². The van der Waals surface area contributed by atoms with Crippen LogP contribution in [0.5, 0.6) is 11.5 Å². The second-order valence-corrected chi connectivity index (χ2v) is 10.2. The molecule has 2 atom stereocenters. The molecular weight excluding hydrogens is 544 g/mol. The molecule has 1 aliphatic rings. The average Bonchev–Trinajstić information content (AvgIpc) is 3.54. The molecule has 8 nitrogen and oxygen atoms in total. The Hall–Kier alpha value is -4.30. The van der Waals surface area contributed by atoms with Gasteiger partial charge in [-0.2, -0.15) is 0 Å². The predicted octanol–water partition coefficient (Wildman–Crippen LogP) is 6.94. The molecule has 2 heterocycles. The largest absolute Gasteiger partial charge is 0.493 e. The number of hydrogen-bond donors (Lipinski definition) is 1. The van der Waals surface area contributed by atoms with E-state index in [4.69, 9.17) is 25.5 Å². The second kappa shape index (κ2) is 13.4. The summed E-state index contributed by atoms with van der Waals surface area (Å²) in [5.41, 5.74) is 2.70. The van der Waals surface area contributed by atoms with Crippen LogP contribution >= 0.6 is 11.6 Å². The highest BCUT2D eigenvalue weighted by Gasteiger charge is 2.40. The first-order chi connectivity index (χ1) is 19.4. The second-order valence-electron chi connectivity index (χ2n) is 9.77. The van der Waals surface area contributed by atoms with Crippen LogP contribution in [-0.4, -0.2) is 46.7 Å². The maximum absolute atomic E-state index is 12.7. The molecule has 5 rings (SSSR count). The van der Waals surface area contributed by atoms with Crippen LogP contribution in [0.2, 0.25) is 5.02 Å². The van der Waals surface area contributed by atoms with E-state index in [-0.39, 0.29) is 26.4 Å². The van der Waals surface area contributed by atoms with E-state index in [1.165, 1.54) is 4.90 Å². The van der Waals surface area contributed by atoms with Gasteiger partial charge >= 0.3 is 12.1 Å². The number of carboxylic acid groups (broad SMARTS) is 1. The van der Waals surface area contributed by atoms with E-state index >= 15 is 0 Å². The average molecular weight is 577 g/mol. The number of halogens is 1. The molecule has 1 aromatic heterocycles. The minimum atomic E-state index is -0.933. The van der Waals surface area contributed by atoms with Gasteiger partial charge in [-0.1, -0.05) is 49.4 Å². The number of aliphatic carboxylic acids is 1. The van der Waals surface area contributed by atoms with Gasteiger partial charge in [-0.15, -0.1) is 0 Å². The van der Waals surface area contributed by atoms with Crippen molar-refractivity contribution in [1.82, 2.24) is 9.88 Å². The third-order valence-corrected chi connectivity index (χ3v) is 7.20. The lowest BCUT2D eigenvalue weighted by molar-refractivity contribution is -0.142. The fourth-order valence-electron chi connectivity index (χ4n) is 4.87. The quantitative estimate of drug-likeness (QED) is 0.230. The maximum atomic E-state index is 12.7. The van der Waals surface area contributed by atoms with Gasteiger partial charge in [0.05, 0.1) is 18.2 Å². The lowest BCUT2D eigenvalue weighted by Gasteiger charge is -2.16. The fourth-order valence-corrected chi connectivity index (χ4v) is 5.00. The van der Waals surface area contributed by atoms with Gasteiger partial charge < -0.3 is 23.9 Å². The molecule has 1 aliphatic heterocycles. The third kappa shape index (κ3) is 7.46.